The molecule has 2 aromatic rings. The van der Waals surface area contributed by atoms with Gasteiger partial charge in [-0.2, -0.15) is 10.5 Å². The van der Waals surface area contributed by atoms with Crippen molar-refractivity contribution in [1.82, 2.24) is 25.5 Å². The third-order valence-corrected chi connectivity index (χ3v) is 4.29. The quantitative estimate of drug-likeness (QED) is 0.719. The summed E-state index contributed by atoms with van der Waals surface area (Å²) in [6.07, 6.45) is 2.67. The molecule has 1 atom stereocenters. The molecule has 1 fully saturated rings. The maximum atomic E-state index is 12.4. The number of carbonyl (C=O) groups excluding carboxylic acids is 1. The molecule has 2 N–H and O–H groups in total. The highest BCUT2D eigenvalue weighted by molar-refractivity contribution is 5.74. The Labute approximate surface area is 174 Å². The van der Waals surface area contributed by atoms with Crippen LogP contribution in [0.2, 0.25) is 0 Å². The molecule has 0 radical (unpaired) electrons. The Balaban J connectivity index is 1.67. The summed E-state index contributed by atoms with van der Waals surface area (Å²) in [6.45, 7) is 6.64. The highest BCUT2D eigenvalue weighted by Crippen LogP contribution is 2.28. The number of para-hydroxylation sites is 2. The number of allylic oxidation sites excluding steroid dienone is 1. The maximum absolute atomic E-state index is 12.4. The van der Waals surface area contributed by atoms with Crippen molar-refractivity contribution >= 4 is 17.4 Å². The number of carbonyl (C=O) groups is 1. The summed E-state index contributed by atoms with van der Waals surface area (Å²) in [5.41, 5.74) is 0.376. The molecular formula is C20H25N7O3. The van der Waals surface area contributed by atoms with Crippen LogP contribution in [0.15, 0.2) is 30.5 Å². The van der Waals surface area contributed by atoms with Gasteiger partial charge in [-0.1, -0.05) is 12.1 Å². The molecule has 1 unspecified atom stereocenters. The van der Waals surface area contributed by atoms with Crippen LogP contribution in [0.1, 0.15) is 39.4 Å². The molecular weight excluding hydrogens is 386 g/mol. The van der Waals surface area contributed by atoms with Gasteiger partial charge in [0.2, 0.25) is 5.82 Å². The summed E-state index contributed by atoms with van der Waals surface area (Å²) >= 11 is 0. The SMILES string of the molecule is CC(C)(C)OC(=O)N1CCCC(Oc2ccccc2NC=C(C#N)c2nn[nH]n2)C1. The number of likely N-dealkylation sites (tertiary alicyclic amines) is 1. The number of nitrogens with one attached hydrogen (secondary N) is 2. The summed E-state index contributed by atoms with van der Waals surface area (Å²) in [5.74, 6) is 0.818. The van der Waals surface area contributed by atoms with Crippen LogP contribution in [0, 0.1) is 11.3 Å². The second-order valence-electron chi connectivity index (χ2n) is 7.85. The number of nitriles is 1. The number of benzene rings is 1. The van der Waals surface area contributed by atoms with E-state index < -0.39 is 5.60 Å². The smallest absolute Gasteiger partial charge is 0.410 e. The molecule has 0 aliphatic carbocycles. The van der Waals surface area contributed by atoms with E-state index in [4.69, 9.17) is 9.47 Å². The van der Waals surface area contributed by atoms with Crippen LogP contribution in [0.25, 0.3) is 5.57 Å². The van der Waals surface area contributed by atoms with E-state index in [1.165, 1.54) is 6.20 Å². The second kappa shape index (κ2) is 9.26. The Bertz CT molecular complexity index is 929. The molecule has 10 heteroatoms. The van der Waals surface area contributed by atoms with Crippen LogP contribution in [-0.4, -0.2) is 56.4 Å². The van der Waals surface area contributed by atoms with Gasteiger partial charge in [0, 0.05) is 12.7 Å². The first kappa shape index (κ1) is 21.1. The van der Waals surface area contributed by atoms with Crippen molar-refractivity contribution in [2.24, 2.45) is 0 Å². The van der Waals surface area contributed by atoms with E-state index in [-0.39, 0.29) is 23.6 Å². The molecule has 1 amide bonds. The predicted molar refractivity (Wildman–Crippen MR) is 109 cm³/mol. The molecule has 0 bridgehead atoms. The van der Waals surface area contributed by atoms with Crippen molar-refractivity contribution in [2.45, 2.75) is 45.3 Å². The second-order valence-corrected chi connectivity index (χ2v) is 7.85. The lowest BCUT2D eigenvalue weighted by Crippen LogP contribution is -2.46. The fraction of sp³-hybridized carbons (Fsp3) is 0.450. The van der Waals surface area contributed by atoms with Gasteiger partial charge in [-0.25, -0.2) is 4.79 Å². The van der Waals surface area contributed by atoms with Crippen LogP contribution >= 0.6 is 0 Å². The van der Waals surface area contributed by atoms with Gasteiger partial charge >= 0.3 is 6.09 Å². The van der Waals surface area contributed by atoms with Gasteiger partial charge in [0.25, 0.3) is 0 Å². The molecule has 1 aromatic heterocycles. The van der Waals surface area contributed by atoms with Crippen LogP contribution < -0.4 is 10.1 Å². The average Bonchev–Trinajstić information content (AvgIpc) is 3.23. The van der Waals surface area contributed by atoms with Gasteiger partial charge in [-0.05, 0) is 51.0 Å². The molecule has 30 heavy (non-hydrogen) atoms. The molecule has 158 valence electrons. The zero-order valence-electron chi connectivity index (χ0n) is 17.3. The van der Waals surface area contributed by atoms with Crippen molar-refractivity contribution < 1.29 is 14.3 Å². The topological polar surface area (TPSA) is 129 Å². The Morgan fingerprint density at radius 3 is 2.90 bits per heavy atom. The van der Waals surface area contributed by atoms with Crippen molar-refractivity contribution in [1.29, 1.82) is 5.26 Å². The molecule has 10 nitrogen and oxygen atoms in total. The monoisotopic (exact) mass is 411 g/mol. The first-order valence-corrected chi connectivity index (χ1v) is 9.70. The average molecular weight is 411 g/mol. The molecule has 1 aliphatic rings. The summed E-state index contributed by atoms with van der Waals surface area (Å²) < 4.78 is 11.7. The minimum atomic E-state index is -0.537. The Hall–Kier alpha value is -3.61. The number of ether oxygens (including phenoxy) is 2. The van der Waals surface area contributed by atoms with E-state index in [0.717, 1.165) is 12.8 Å². The Morgan fingerprint density at radius 1 is 1.40 bits per heavy atom. The van der Waals surface area contributed by atoms with Crippen LogP contribution in [0.4, 0.5) is 10.5 Å². The van der Waals surface area contributed by atoms with E-state index in [1.54, 1.807) is 4.90 Å². The number of piperidine rings is 1. The zero-order chi connectivity index (χ0) is 21.6. The number of nitrogens with zero attached hydrogens (tertiary/aromatic N) is 5. The van der Waals surface area contributed by atoms with E-state index in [1.807, 2.05) is 51.1 Å². The molecule has 1 aromatic carbocycles. The van der Waals surface area contributed by atoms with Gasteiger partial charge in [-0.15, -0.1) is 10.2 Å². The minimum absolute atomic E-state index is 0.161. The number of hydrogen-bond donors (Lipinski definition) is 2. The van der Waals surface area contributed by atoms with Crippen molar-refractivity contribution in [3.63, 3.8) is 0 Å². The highest BCUT2D eigenvalue weighted by Gasteiger charge is 2.28. The fourth-order valence-corrected chi connectivity index (χ4v) is 2.97. The molecule has 3 rings (SSSR count). The van der Waals surface area contributed by atoms with Gasteiger partial charge in [0.15, 0.2) is 0 Å². The van der Waals surface area contributed by atoms with E-state index in [0.29, 0.717) is 24.5 Å². The maximum Gasteiger partial charge on any atom is 0.410 e. The number of anilines is 1. The van der Waals surface area contributed by atoms with E-state index in [9.17, 15) is 10.1 Å². The van der Waals surface area contributed by atoms with E-state index >= 15 is 0 Å². The van der Waals surface area contributed by atoms with Crippen molar-refractivity contribution in [3.05, 3.63) is 36.3 Å². The molecule has 1 saturated heterocycles. The number of tetrazole rings is 1. The van der Waals surface area contributed by atoms with Gasteiger partial charge in [-0.3, -0.25) is 0 Å². The standard InChI is InChI=1S/C20H25N7O3/c1-20(2,3)30-19(28)27-10-6-7-15(13-27)29-17-9-5-4-8-16(17)22-12-14(11-21)18-23-25-26-24-18/h4-5,8-9,12,15,22H,6-7,10,13H2,1-3H3,(H,23,24,25,26). The summed E-state index contributed by atoms with van der Waals surface area (Å²) in [7, 11) is 0. The van der Waals surface area contributed by atoms with Crippen LogP contribution in [0.3, 0.4) is 0 Å². The number of rotatable bonds is 5. The van der Waals surface area contributed by atoms with Gasteiger partial charge in [0.05, 0.1) is 12.2 Å². The first-order chi connectivity index (χ1) is 14.4. The molecule has 2 heterocycles. The summed E-state index contributed by atoms with van der Waals surface area (Å²) in [6, 6.07) is 9.42. The summed E-state index contributed by atoms with van der Waals surface area (Å²) in [5, 5.41) is 25.8. The Kier molecular flexibility index (Phi) is 6.51. The van der Waals surface area contributed by atoms with Crippen molar-refractivity contribution in [2.75, 3.05) is 18.4 Å². The third-order valence-electron chi connectivity index (χ3n) is 4.29. The number of hydrogen-bond acceptors (Lipinski definition) is 8. The highest BCUT2D eigenvalue weighted by atomic mass is 16.6. The van der Waals surface area contributed by atoms with E-state index in [2.05, 4.69) is 25.9 Å². The lowest BCUT2D eigenvalue weighted by Gasteiger charge is -2.34. The van der Waals surface area contributed by atoms with Crippen molar-refractivity contribution in [3.8, 4) is 11.8 Å². The normalized spacial score (nSPS) is 17.2. The first-order valence-electron chi connectivity index (χ1n) is 9.70. The number of H-pyrrole nitrogens is 1. The Morgan fingerprint density at radius 2 is 2.20 bits per heavy atom. The van der Waals surface area contributed by atoms with Crippen LogP contribution in [0.5, 0.6) is 5.75 Å². The predicted octanol–water partition coefficient (Wildman–Crippen LogP) is 2.95. The summed E-state index contributed by atoms with van der Waals surface area (Å²) in [4.78, 5) is 14.1. The van der Waals surface area contributed by atoms with Gasteiger partial charge in [0.1, 0.15) is 29.1 Å². The number of amides is 1. The number of aromatic nitrogens is 4. The fourth-order valence-electron chi connectivity index (χ4n) is 2.97. The number of aromatic amines is 1. The van der Waals surface area contributed by atoms with Gasteiger partial charge < -0.3 is 19.7 Å². The molecule has 0 spiro atoms. The minimum Gasteiger partial charge on any atom is -0.486 e. The van der Waals surface area contributed by atoms with Crippen LogP contribution in [-0.2, 0) is 4.74 Å². The lowest BCUT2D eigenvalue weighted by molar-refractivity contribution is 0.00785. The zero-order valence-corrected chi connectivity index (χ0v) is 17.3. The molecule has 0 saturated carbocycles. The third kappa shape index (κ3) is 5.70. The largest absolute Gasteiger partial charge is 0.486 e. The molecule has 1 aliphatic heterocycles. The lowest BCUT2D eigenvalue weighted by atomic mass is 10.1.